The highest BCUT2D eigenvalue weighted by Crippen LogP contribution is 2.35. The van der Waals surface area contributed by atoms with Gasteiger partial charge in [-0.1, -0.05) is 18.2 Å². The maximum atomic E-state index is 12.2. The molecule has 4 nitrogen and oxygen atoms in total. The highest BCUT2D eigenvalue weighted by atomic mass is 32.2. The van der Waals surface area contributed by atoms with E-state index in [-0.39, 0.29) is 12.1 Å². The summed E-state index contributed by atoms with van der Waals surface area (Å²) in [5, 5.41) is 3.16. The first-order valence-electron chi connectivity index (χ1n) is 6.69. The molecule has 1 aromatic carbocycles. The second kappa shape index (κ2) is 5.84. The fourth-order valence-electron chi connectivity index (χ4n) is 2.50. The zero-order valence-corrected chi connectivity index (χ0v) is 11.6. The van der Waals surface area contributed by atoms with Crippen LogP contribution in [0.25, 0.3) is 0 Å². The van der Waals surface area contributed by atoms with Gasteiger partial charge in [0.05, 0.1) is 19.3 Å². The molecule has 1 fully saturated rings. The SMILES string of the molecule is O=C(NC1CCSc2ccccc21)N1CCOCC1. The van der Waals surface area contributed by atoms with Crippen LogP contribution in [0.1, 0.15) is 18.0 Å². The third kappa shape index (κ3) is 2.87. The summed E-state index contributed by atoms with van der Waals surface area (Å²) in [4.78, 5) is 15.4. The Hall–Kier alpha value is -1.20. The van der Waals surface area contributed by atoms with Gasteiger partial charge in [0.15, 0.2) is 0 Å². The standard InChI is InChI=1S/C14H18N2O2S/c17-14(16-6-8-18-9-7-16)15-12-5-10-19-13-4-2-1-3-11(12)13/h1-4,12H,5-10H2,(H,15,17). The minimum absolute atomic E-state index is 0.0370. The fraction of sp³-hybridized carbons (Fsp3) is 0.500. The Morgan fingerprint density at radius 1 is 1.32 bits per heavy atom. The molecule has 1 aromatic rings. The van der Waals surface area contributed by atoms with Gasteiger partial charge in [0.1, 0.15) is 0 Å². The number of amides is 2. The molecule has 2 heterocycles. The average Bonchev–Trinajstić information content (AvgIpc) is 2.48. The van der Waals surface area contributed by atoms with Crippen LogP contribution in [0.15, 0.2) is 29.2 Å². The second-order valence-electron chi connectivity index (χ2n) is 4.78. The number of carbonyl (C=O) groups is 1. The molecule has 1 atom stereocenters. The summed E-state index contributed by atoms with van der Waals surface area (Å²) in [6.45, 7) is 2.67. The average molecular weight is 278 g/mol. The molecule has 2 amide bonds. The van der Waals surface area contributed by atoms with Crippen LogP contribution in [0.2, 0.25) is 0 Å². The van der Waals surface area contributed by atoms with Gasteiger partial charge in [0, 0.05) is 23.7 Å². The van der Waals surface area contributed by atoms with Gasteiger partial charge in [-0.15, -0.1) is 11.8 Å². The zero-order chi connectivity index (χ0) is 13.1. The smallest absolute Gasteiger partial charge is 0.318 e. The Balaban J connectivity index is 1.68. The first kappa shape index (κ1) is 12.8. The lowest BCUT2D eigenvalue weighted by Gasteiger charge is -2.31. The number of benzene rings is 1. The van der Waals surface area contributed by atoms with Gasteiger partial charge in [-0.05, 0) is 18.1 Å². The maximum Gasteiger partial charge on any atom is 0.318 e. The van der Waals surface area contributed by atoms with E-state index in [1.54, 1.807) is 0 Å². The molecule has 0 radical (unpaired) electrons. The third-order valence-corrected chi connectivity index (χ3v) is 4.68. The summed E-state index contributed by atoms with van der Waals surface area (Å²) in [6.07, 6.45) is 0.998. The van der Waals surface area contributed by atoms with Crippen molar-refractivity contribution in [3.63, 3.8) is 0 Å². The van der Waals surface area contributed by atoms with Crippen LogP contribution in [-0.4, -0.2) is 43.0 Å². The van der Waals surface area contributed by atoms with Crippen molar-refractivity contribution in [1.29, 1.82) is 0 Å². The van der Waals surface area contributed by atoms with Gasteiger partial charge in [0.25, 0.3) is 0 Å². The van der Waals surface area contributed by atoms with Gasteiger partial charge in [-0.25, -0.2) is 4.79 Å². The minimum atomic E-state index is 0.0370. The first-order chi connectivity index (χ1) is 9.34. The molecule has 0 saturated carbocycles. The van der Waals surface area contributed by atoms with Gasteiger partial charge in [-0.3, -0.25) is 0 Å². The Morgan fingerprint density at radius 2 is 2.11 bits per heavy atom. The number of morpholine rings is 1. The Kier molecular flexibility index (Phi) is 3.94. The van der Waals surface area contributed by atoms with E-state index in [1.807, 2.05) is 22.7 Å². The molecule has 2 aliphatic heterocycles. The summed E-state index contributed by atoms with van der Waals surface area (Å²) >= 11 is 1.87. The van der Waals surface area contributed by atoms with Crippen LogP contribution in [0.5, 0.6) is 0 Å². The molecule has 2 aliphatic rings. The molecule has 0 bridgehead atoms. The lowest BCUT2D eigenvalue weighted by Crippen LogP contribution is -2.47. The van der Waals surface area contributed by atoms with Crippen molar-refractivity contribution in [2.75, 3.05) is 32.1 Å². The van der Waals surface area contributed by atoms with Gasteiger partial charge in [0.2, 0.25) is 0 Å². The molecule has 0 aromatic heterocycles. The number of thioether (sulfide) groups is 1. The van der Waals surface area contributed by atoms with Crippen molar-refractivity contribution in [3.05, 3.63) is 29.8 Å². The van der Waals surface area contributed by atoms with Crippen molar-refractivity contribution >= 4 is 17.8 Å². The largest absolute Gasteiger partial charge is 0.378 e. The number of rotatable bonds is 1. The predicted molar refractivity (Wildman–Crippen MR) is 75.4 cm³/mol. The fourth-order valence-corrected chi connectivity index (χ4v) is 3.62. The maximum absolute atomic E-state index is 12.2. The van der Waals surface area contributed by atoms with Gasteiger partial charge in [-0.2, -0.15) is 0 Å². The molecule has 19 heavy (non-hydrogen) atoms. The van der Waals surface area contributed by atoms with Crippen LogP contribution in [-0.2, 0) is 4.74 Å². The summed E-state index contributed by atoms with van der Waals surface area (Å²) in [7, 11) is 0. The lowest BCUT2D eigenvalue weighted by molar-refractivity contribution is 0.0524. The van der Waals surface area contributed by atoms with E-state index in [4.69, 9.17) is 4.74 Å². The van der Waals surface area contributed by atoms with Crippen molar-refractivity contribution in [1.82, 2.24) is 10.2 Å². The topological polar surface area (TPSA) is 41.6 Å². The van der Waals surface area contributed by atoms with Crippen molar-refractivity contribution in [2.24, 2.45) is 0 Å². The number of hydrogen-bond donors (Lipinski definition) is 1. The van der Waals surface area contributed by atoms with Crippen molar-refractivity contribution in [2.45, 2.75) is 17.4 Å². The van der Waals surface area contributed by atoms with Crippen molar-refractivity contribution < 1.29 is 9.53 Å². The van der Waals surface area contributed by atoms with Gasteiger partial charge < -0.3 is 15.0 Å². The van der Waals surface area contributed by atoms with E-state index in [9.17, 15) is 4.79 Å². The number of nitrogens with one attached hydrogen (secondary N) is 1. The monoisotopic (exact) mass is 278 g/mol. The van der Waals surface area contributed by atoms with E-state index >= 15 is 0 Å². The number of carbonyl (C=O) groups excluding carboxylic acids is 1. The molecule has 5 heteroatoms. The molecular formula is C14H18N2O2S. The molecular weight excluding hydrogens is 260 g/mol. The first-order valence-corrected chi connectivity index (χ1v) is 7.68. The predicted octanol–water partition coefficient (Wildman–Crippen LogP) is 2.27. The Bertz CT molecular complexity index is 461. The van der Waals surface area contributed by atoms with E-state index in [2.05, 4.69) is 23.5 Å². The molecule has 1 saturated heterocycles. The normalized spacial score (nSPS) is 22.7. The highest BCUT2D eigenvalue weighted by molar-refractivity contribution is 7.99. The van der Waals surface area contributed by atoms with Crippen molar-refractivity contribution in [3.8, 4) is 0 Å². The summed E-state index contributed by atoms with van der Waals surface area (Å²) in [6, 6.07) is 8.53. The molecule has 102 valence electrons. The number of urea groups is 1. The Labute approximate surface area is 117 Å². The zero-order valence-electron chi connectivity index (χ0n) is 10.8. The summed E-state index contributed by atoms with van der Waals surface area (Å²) < 4.78 is 5.27. The second-order valence-corrected chi connectivity index (χ2v) is 5.91. The van der Waals surface area contributed by atoms with E-state index in [0.29, 0.717) is 26.3 Å². The summed E-state index contributed by atoms with van der Waals surface area (Å²) in [5.41, 5.74) is 1.25. The third-order valence-electron chi connectivity index (χ3n) is 3.55. The number of hydrogen-bond acceptors (Lipinski definition) is 3. The molecule has 1 N–H and O–H groups in total. The quantitative estimate of drug-likeness (QED) is 0.857. The van der Waals surface area contributed by atoms with Crippen LogP contribution in [0.3, 0.4) is 0 Å². The molecule has 3 rings (SSSR count). The van der Waals surface area contributed by atoms with Crippen LogP contribution < -0.4 is 5.32 Å². The minimum Gasteiger partial charge on any atom is -0.378 e. The Morgan fingerprint density at radius 3 is 2.95 bits per heavy atom. The van der Waals surface area contributed by atoms with Crippen LogP contribution in [0, 0.1) is 0 Å². The number of ether oxygens (including phenoxy) is 1. The molecule has 0 spiro atoms. The van der Waals surface area contributed by atoms with Gasteiger partial charge >= 0.3 is 6.03 Å². The van der Waals surface area contributed by atoms with E-state index < -0.39 is 0 Å². The lowest BCUT2D eigenvalue weighted by atomic mass is 10.0. The number of fused-ring (bicyclic) bond motifs is 1. The van der Waals surface area contributed by atoms with Crippen LogP contribution in [0.4, 0.5) is 4.79 Å². The highest BCUT2D eigenvalue weighted by Gasteiger charge is 2.24. The number of nitrogens with zero attached hydrogens (tertiary/aromatic N) is 1. The molecule has 1 unspecified atom stereocenters. The van der Waals surface area contributed by atoms with E-state index in [1.165, 1.54) is 10.5 Å². The molecule has 0 aliphatic carbocycles. The van der Waals surface area contributed by atoms with Crippen LogP contribution >= 0.6 is 11.8 Å². The summed E-state index contributed by atoms with van der Waals surface area (Å²) in [5.74, 6) is 1.06. The van der Waals surface area contributed by atoms with E-state index in [0.717, 1.165) is 12.2 Å².